The number of aryl methyl sites for hydroxylation is 1. The average Bonchev–Trinajstić information content (AvgIpc) is 3.18. The molecular formula is C17H18ClFN2O2. The molecule has 23 heavy (non-hydrogen) atoms. The van der Waals surface area contributed by atoms with E-state index in [0.717, 1.165) is 25.0 Å². The Balaban J connectivity index is 1.78. The molecule has 0 saturated carbocycles. The highest BCUT2D eigenvalue weighted by atomic mass is 35.5. The summed E-state index contributed by atoms with van der Waals surface area (Å²) >= 11 is 6.02. The Labute approximate surface area is 139 Å². The minimum Gasteiger partial charge on any atom is -0.359 e. The fourth-order valence-corrected chi connectivity index (χ4v) is 3.20. The van der Waals surface area contributed by atoms with Crippen LogP contribution in [-0.2, 0) is 17.6 Å². The maximum Gasteiger partial charge on any atom is 0.227 e. The number of nitrogens with zero attached hydrogens (tertiary/aromatic N) is 2. The number of benzene rings is 1. The van der Waals surface area contributed by atoms with Gasteiger partial charge in [0.1, 0.15) is 5.82 Å². The number of aromatic nitrogens is 1. The van der Waals surface area contributed by atoms with Gasteiger partial charge in [0, 0.05) is 23.2 Å². The summed E-state index contributed by atoms with van der Waals surface area (Å²) in [7, 11) is 0. The summed E-state index contributed by atoms with van der Waals surface area (Å²) in [5, 5.41) is 4.27. The second-order valence-corrected chi connectivity index (χ2v) is 6.10. The van der Waals surface area contributed by atoms with Crippen molar-refractivity contribution in [1.82, 2.24) is 10.1 Å². The molecule has 4 nitrogen and oxygen atoms in total. The Kier molecular flexibility index (Phi) is 4.66. The fraction of sp³-hybridized carbons (Fsp3) is 0.412. The molecule has 1 fully saturated rings. The van der Waals surface area contributed by atoms with Crippen LogP contribution in [0.2, 0.25) is 5.02 Å². The number of hydrogen-bond donors (Lipinski definition) is 0. The molecule has 0 radical (unpaired) electrons. The number of amides is 1. The van der Waals surface area contributed by atoms with Crippen LogP contribution in [0.25, 0.3) is 0 Å². The Morgan fingerprint density at radius 3 is 3.04 bits per heavy atom. The van der Waals surface area contributed by atoms with Gasteiger partial charge in [0.2, 0.25) is 5.91 Å². The largest absolute Gasteiger partial charge is 0.359 e. The molecule has 2 aromatic rings. The molecule has 1 saturated heterocycles. The zero-order valence-electron chi connectivity index (χ0n) is 12.9. The van der Waals surface area contributed by atoms with Crippen LogP contribution in [0.1, 0.15) is 42.8 Å². The van der Waals surface area contributed by atoms with Crippen molar-refractivity contribution in [3.8, 4) is 0 Å². The van der Waals surface area contributed by atoms with Crippen LogP contribution in [0.3, 0.4) is 0 Å². The molecular weight excluding hydrogens is 319 g/mol. The highest BCUT2D eigenvalue weighted by molar-refractivity contribution is 6.31. The van der Waals surface area contributed by atoms with Crippen LogP contribution in [0.15, 0.2) is 28.8 Å². The maximum atomic E-state index is 13.9. The first kappa shape index (κ1) is 16.0. The van der Waals surface area contributed by atoms with E-state index in [0.29, 0.717) is 12.3 Å². The van der Waals surface area contributed by atoms with Crippen LogP contribution in [-0.4, -0.2) is 22.5 Å². The highest BCUT2D eigenvalue weighted by Crippen LogP contribution is 2.33. The van der Waals surface area contributed by atoms with Crippen molar-refractivity contribution in [3.05, 3.63) is 52.1 Å². The number of halogens is 2. The third kappa shape index (κ3) is 3.24. The minimum absolute atomic E-state index is 0.0449. The van der Waals surface area contributed by atoms with Crippen molar-refractivity contribution in [3.63, 3.8) is 0 Å². The summed E-state index contributed by atoms with van der Waals surface area (Å²) in [4.78, 5) is 14.4. The number of likely N-dealkylation sites (tertiary alicyclic amines) is 1. The van der Waals surface area contributed by atoms with Gasteiger partial charge in [-0.2, -0.15) is 0 Å². The van der Waals surface area contributed by atoms with E-state index in [9.17, 15) is 9.18 Å². The van der Waals surface area contributed by atoms with E-state index in [1.54, 1.807) is 11.0 Å². The van der Waals surface area contributed by atoms with Gasteiger partial charge in [0.15, 0.2) is 5.76 Å². The Bertz CT molecular complexity index is 696. The molecule has 1 aromatic heterocycles. The lowest BCUT2D eigenvalue weighted by atomic mass is 10.1. The van der Waals surface area contributed by atoms with E-state index in [2.05, 4.69) is 5.16 Å². The molecule has 1 amide bonds. The van der Waals surface area contributed by atoms with Crippen molar-refractivity contribution in [2.24, 2.45) is 0 Å². The van der Waals surface area contributed by atoms with Crippen molar-refractivity contribution in [2.45, 2.75) is 38.6 Å². The molecule has 1 aliphatic heterocycles. The first-order valence-electron chi connectivity index (χ1n) is 7.78. The zero-order valence-corrected chi connectivity index (χ0v) is 13.6. The maximum absolute atomic E-state index is 13.9. The molecule has 0 spiro atoms. The average molecular weight is 337 g/mol. The fourth-order valence-electron chi connectivity index (χ4n) is 2.97. The molecule has 2 heterocycles. The summed E-state index contributed by atoms with van der Waals surface area (Å²) in [5.41, 5.74) is 1.12. The summed E-state index contributed by atoms with van der Waals surface area (Å²) in [6.07, 6.45) is 2.46. The van der Waals surface area contributed by atoms with E-state index in [-0.39, 0.29) is 29.0 Å². The molecule has 0 aliphatic carbocycles. The molecule has 3 rings (SSSR count). The molecule has 122 valence electrons. The summed E-state index contributed by atoms with van der Waals surface area (Å²) < 4.78 is 19.3. The molecule has 0 N–H and O–H groups in total. The summed E-state index contributed by atoms with van der Waals surface area (Å²) in [6, 6.07) is 6.22. The third-order valence-electron chi connectivity index (χ3n) is 4.23. The smallest absolute Gasteiger partial charge is 0.227 e. The highest BCUT2D eigenvalue weighted by Gasteiger charge is 2.33. The van der Waals surface area contributed by atoms with Gasteiger partial charge in [-0.25, -0.2) is 4.39 Å². The molecule has 1 aromatic carbocycles. The van der Waals surface area contributed by atoms with Crippen molar-refractivity contribution in [2.75, 3.05) is 6.54 Å². The summed E-state index contributed by atoms with van der Waals surface area (Å²) in [5.74, 6) is 0.107. The summed E-state index contributed by atoms with van der Waals surface area (Å²) in [6.45, 7) is 2.64. The van der Waals surface area contributed by atoms with E-state index < -0.39 is 5.82 Å². The van der Waals surface area contributed by atoms with Crippen LogP contribution in [0.4, 0.5) is 4.39 Å². The van der Waals surface area contributed by atoms with Gasteiger partial charge in [-0.3, -0.25) is 4.79 Å². The zero-order chi connectivity index (χ0) is 16.4. The van der Waals surface area contributed by atoms with Gasteiger partial charge in [-0.1, -0.05) is 29.7 Å². The van der Waals surface area contributed by atoms with Gasteiger partial charge >= 0.3 is 0 Å². The van der Waals surface area contributed by atoms with Crippen molar-refractivity contribution >= 4 is 17.5 Å². The van der Waals surface area contributed by atoms with E-state index in [4.69, 9.17) is 16.1 Å². The van der Waals surface area contributed by atoms with E-state index in [1.807, 2.05) is 13.0 Å². The Hall–Kier alpha value is -1.88. The normalized spacial score (nSPS) is 17.7. The predicted octanol–water partition coefficient (Wildman–Crippen LogP) is 3.94. The van der Waals surface area contributed by atoms with E-state index >= 15 is 0 Å². The van der Waals surface area contributed by atoms with Crippen LogP contribution in [0, 0.1) is 5.82 Å². The molecule has 1 aliphatic rings. The van der Waals surface area contributed by atoms with E-state index in [1.165, 1.54) is 12.1 Å². The van der Waals surface area contributed by atoms with Crippen molar-refractivity contribution in [1.29, 1.82) is 0 Å². The first-order chi connectivity index (χ1) is 11.1. The number of carbonyl (C=O) groups is 1. The molecule has 6 heteroatoms. The number of rotatable bonds is 4. The van der Waals surface area contributed by atoms with Crippen LogP contribution >= 0.6 is 11.6 Å². The van der Waals surface area contributed by atoms with Gasteiger partial charge in [0.05, 0.1) is 18.2 Å². The second-order valence-electron chi connectivity index (χ2n) is 5.70. The SMILES string of the molecule is CCc1cc([C@@H]2CCCN2C(=O)Cc2c(F)cccc2Cl)on1. The number of carbonyl (C=O) groups excluding carboxylic acids is 1. The van der Waals surface area contributed by atoms with Crippen molar-refractivity contribution < 1.29 is 13.7 Å². The lowest BCUT2D eigenvalue weighted by Gasteiger charge is -2.23. The predicted molar refractivity (Wildman–Crippen MR) is 84.7 cm³/mol. The molecule has 0 unspecified atom stereocenters. The Morgan fingerprint density at radius 2 is 2.35 bits per heavy atom. The second kappa shape index (κ2) is 6.71. The van der Waals surface area contributed by atoms with Crippen LogP contribution in [0.5, 0.6) is 0 Å². The lowest BCUT2D eigenvalue weighted by molar-refractivity contribution is -0.131. The van der Waals surface area contributed by atoms with Gasteiger partial charge in [0.25, 0.3) is 0 Å². The van der Waals surface area contributed by atoms with Gasteiger partial charge in [-0.05, 0) is 31.4 Å². The first-order valence-corrected chi connectivity index (χ1v) is 8.15. The monoisotopic (exact) mass is 336 g/mol. The third-order valence-corrected chi connectivity index (χ3v) is 4.58. The molecule has 0 bridgehead atoms. The van der Waals surface area contributed by atoms with Crippen LogP contribution < -0.4 is 0 Å². The van der Waals surface area contributed by atoms with Gasteiger partial charge < -0.3 is 9.42 Å². The van der Waals surface area contributed by atoms with Gasteiger partial charge in [-0.15, -0.1) is 0 Å². The molecule has 1 atom stereocenters. The topological polar surface area (TPSA) is 46.3 Å². The number of hydrogen-bond acceptors (Lipinski definition) is 3. The lowest BCUT2D eigenvalue weighted by Crippen LogP contribution is -2.32. The minimum atomic E-state index is -0.450. The quantitative estimate of drug-likeness (QED) is 0.849. The standard InChI is InChI=1S/C17H18ClFN2O2/c1-2-11-9-16(23-20-11)15-7-4-8-21(15)17(22)10-12-13(18)5-3-6-14(12)19/h3,5-6,9,15H,2,4,7-8,10H2,1H3/t15-/m0/s1. The Morgan fingerprint density at radius 1 is 1.52 bits per heavy atom.